The van der Waals surface area contributed by atoms with Crippen LogP contribution in [0.25, 0.3) is 0 Å². The Morgan fingerprint density at radius 1 is 1.33 bits per heavy atom. The first-order valence-electron chi connectivity index (χ1n) is 5.72. The average molecular weight is 261 g/mol. The third-order valence-corrected chi connectivity index (χ3v) is 4.22. The van der Waals surface area contributed by atoms with Gasteiger partial charge in [0.1, 0.15) is 0 Å². The molecule has 0 unspecified atom stereocenters. The average Bonchev–Trinajstić information content (AvgIpc) is 2.79. The first kappa shape index (κ1) is 12.8. The lowest BCUT2D eigenvalue weighted by molar-refractivity contribution is -0.142. The van der Waals surface area contributed by atoms with E-state index < -0.39 is 11.4 Å². The van der Waals surface area contributed by atoms with Crippen LogP contribution in [-0.2, 0) is 16.6 Å². The Kier molecular flexibility index (Phi) is 3.48. The van der Waals surface area contributed by atoms with Gasteiger partial charge in [-0.05, 0) is 19.4 Å². The minimum Gasteiger partial charge on any atom is -0.481 e. The third-order valence-electron chi connectivity index (χ3n) is 2.90. The zero-order valence-electron chi connectivity index (χ0n) is 10.4. The van der Waals surface area contributed by atoms with Crippen molar-refractivity contribution in [2.75, 3.05) is 0 Å². The maximum atomic E-state index is 11.2. The van der Waals surface area contributed by atoms with E-state index in [1.165, 1.54) is 16.9 Å². The summed E-state index contributed by atoms with van der Waals surface area (Å²) >= 11 is 1.47. The van der Waals surface area contributed by atoms with Gasteiger partial charge in [0.25, 0.3) is 0 Å². The van der Waals surface area contributed by atoms with Gasteiger partial charge in [-0.25, -0.2) is 4.98 Å². The van der Waals surface area contributed by atoms with E-state index in [4.69, 9.17) is 0 Å². The van der Waals surface area contributed by atoms with Gasteiger partial charge in [0.2, 0.25) is 0 Å². The van der Waals surface area contributed by atoms with Gasteiger partial charge in [0.15, 0.2) is 0 Å². The van der Waals surface area contributed by atoms with E-state index in [1.807, 2.05) is 30.3 Å². The SMILES string of the molecule is CC(C)(C(=O)O)c1cnc(Cc2ccccc2)s1. The van der Waals surface area contributed by atoms with Crippen molar-refractivity contribution in [3.8, 4) is 0 Å². The molecule has 0 saturated carbocycles. The van der Waals surface area contributed by atoms with Crippen LogP contribution >= 0.6 is 11.3 Å². The van der Waals surface area contributed by atoms with Gasteiger partial charge in [-0.15, -0.1) is 11.3 Å². The second kappa shape index (κ2) is 4.90. The van der Waals surface area contributed by atoms with E-state index in [0.717, 1.165) is 16.3 Å². The molecule has 0 spiro atoms. The molecular formula is C14H15NO2S. The quantitative estimate of drug-likeness (QED) is 0.920. The molecule has 0 fully saturated rings. The van der Waals surface area contributed by atoms with E-state index in [2.05, 4.69) is 4.98 Å². The Labute approximate surface area is 110 Å². The van der Waals surface area contributed by atoms with Crippen LogP contribution in [0.4, 0.5) is 0 Å². The fourth-order valence-electron chi connectivity index (χ4n) is 1.56. The third kappa shape index (κ3) is 2.59. The highest BCUT2D eigenvalue weighted by Gasteiger charge is 2.31. The smallest absolute Gasteiger partial charge is 0.314 e. The first-order chi connectivity index (χ1) is 8.50. The Hall–Kier alpha value is -1.68. The Bertz CT molecular complexity index is 546. The van der Waals surface area contributed by atoms with Gasteiger partial charge >= 0.3 is 5.97 Å². The molecule has 94 valence electrons. The Morgan fingerprint density at radius 2 is 2.00 bits per heavy atom. The molecule has 1 aromatic carbocycles. The van der Waals surface area contributed by atoms with Crippen LogP contribution in [0.2, 0.25) is 0 Å². The van der Waals surface area contributed by atoms with Crippen LogP contribution in [0, 0.1) is 0 Å². The minimum atomic E-state index is -0.868. The van der Waals surface area contributed by atoms with Crippen LogP contribution in [0.5, 0.6) is 0 Å². The summed E-state index contributed by atoms with van der Waals surface area (Å²) in [5.74, 6) is -0.822. The van der Waals surface area contributed by atoms with Crippen LogP contribution in [0.1, 0.15) is 29.3 Å². The summed E-state index contributed by atoms with van der Waals surface area (Å²) in [4.78, 5) is 16.3. The molecule has 3 nitrogen and oxygen atoms in total. The number of aliphatic carboxylic acids is 1. The lowest BCUT2D eigenvalue weighted by Crippen LogP contribution is -2.27. The standard InChI is InChI=1S/C14H15NO2S/c1-14(2,13(16)17)11-9-15-12(18-11)8-10-6-4-3-5-7-10/h3-7,9H,8H2,1-2H3,(H,16,17). The minimum absolute atomic E-state index is 0.751. The van der Waals surface area contributed by atoms with E-state index in [-0.39, 0.29) is 0 Å². The number of carboxylic acids is 1. The van der Waals surface area contributed by atoms with Gasteiger partial charge in [-0.3, -0.25) is 4.79 Å². The number of carbonyl (C=O) groups is 1. The van der Waals surface area contributed by atoms with Crippen molar-refractivity contribution in [1.29, 1.82) is 0 Å². The molecule has 0 aliphatic rings. The maximum absolute atomic E-state index is 11.2. The number of rotatable bonds is 4. The van der Waals surface area contributed by atoms with E-state index >= 15 is 0 Å². The fraction of sp³-hybridized carbons (Fsp3) is 0.286. The molecule has 0 bridgehead atoms. The zero-order chi connectivity index (χ0) is 13.2. The molecule has 0 aliphatic heterocycles. The lowest BCUT2D eigenvalue weighted by Gasteiger charge is -2.15. The lowest BCUT2D eigenvalue weighted by atomic mass is 9.93. The highest BCUT2D eigenvalue weighted by Crippen LogP contribution is 2.29. The Balaban J connectivity index is 2.19. The fourth-order valence-corrected chi connectivity index (χ4v) is 2.60. The molecule has 0 saturated heterocycles. The van der Waals surface area contributed by atoms with Gasteiger partial charge in [-0.2, -0.15) is 0 Å². The number of hydrogen-bond donors (Lipinski definition) is 1. The summed E-state index contributed by atoms with van der Waals surface area (Å²) in [5, 5.41) is 10.1. The first-order valence-corrected chi connectivity index (χ1v) is 6.54. The summed E-state index contributed by atoms with van der Waals surface area (Å²) in [5.41, 5.74) is 0.318. The molecular weight excluding hydrogens is 246 g/mol. The summed E-state index contributed by atoms with van der Waals surface area (Å²) in [6, 6.07) is 10.0. The molecule has 0 atom stereocenters. The van der Waals surface area contributed by atoms with Crippen molar-refractivity contribution < 1.29 is 9.90 Å². The van der Waals surface area contributed by atoms with Crippen molar-refractivity contribution in [1.82, 2.24) is 4.98 Å². The monoisotopic (exact) mass is 261 g/mol. The van der Waals surface area contributed by atoms with E-state index in [0.29, 0.717) is 0 Å². The summed E-state index contributed by atoms with van der Waals surface area (Å²) in [6.07, 6.45) is 2.43. The number of carboxylic acid groups (broad SMARTS) is 1. The number of hydrogen-bond acceptors (Lipinski definition) is 3. The number of nitrogens with zero attached hydrogens (tertiary/aromatic N) is 1. The van der Waals surface area contributed by atoms with Gasteiger partial charge in [0.05, 0.1) is 10.4 Å². The molecule has 0 aliphatic carbocycles. The zero-order valence-corrected chi connectivity index (χ0v) is 11.2. The van der Waals surface area contributed by atoms with Crippen molar-refractivity contribution >= 4 is 17.3 Å². The van der Waals surface area contributed by atoms with Crippen molar-refractivity contribution in [3.63, 3.8) is 0 Å². The normalized spacial score (nSPS) is 11.4. The summed E-state index contributed by atoms with van der Waals surface area (Å²) < 4.78 is 0. The largest absolute Gasteiger partial charge is 0.481 e. The van der Waals surface area contributed by atoms with E-state index in [9.17, 15) is 9.90 Å². The van der Waals surface area contributed by atoms with Gasteiger partial charge < -0.3 is 5.11 Å². The molecule has 1 heterocycles. The molecule has 4 heteroatoms. The molecule has 2 aromatic rings. The second-order valence-corrected chi connectivity index (χ2v) is 5.83. The van der Waals surface area contributed by atoms with Crippen LogP contribution < -0.4 is 0 Å². The maximum Gasteiger partial charge on any atom is 0.314 e. The van der Waals surface area contributed by atoms with Gasteiger partial charge in [-0.1, -0.05) is 30.3 Å². The Morgan fingerprint density at radius 3 is 2.61 bits per heavy atom. The highest BCUT2D eigenvalue weighted by molar-refractivity contribution is 7.11. The van der Waals surface area contributed by atoms with Crippen LogP contribution in [0.15, 0.2) is 36.5 Å². The molecule has 0 amide bonds. The summed E-state index contributed by atoms with van der Waals surface area (Å²) in [6.45, 7) is 3.41. The van der Waals surface area contributed by atoms with Crippen LogP contribution in [-0.4, -0.2) is 16.1 Å². The molecule has 0 radical (unpaired) electrons. The predicted octanol–water partition coefficient (Wildman–Crippen LogP) is 3.10. The number of aromatic nitrogens is 1. The number of thiazole rings is 1. The molecule has 1 aromatic heterocycles. The molecule has 2 rings (SSSR count). The topological polar surface area (TPSA) is 50.2 Å². The van der Waals surface area contributed by atoms with Crippen molar-refractivity contribution in [2.24, 2.45) is 0 Å². The van der Waals surface area contributed by atoms with Gasteiger partial charge in [0, 0.05) is 17.5 Å². The molecule has 1 N–H and O–H groups in total. The van der Waals surface area contributed by atoms with E-state index in [1.54, 1.807) is 20.0 Å². The predicted molar refractivity (Wildman–Crippen MR) is 72.0 cm³/mol. The second-order valence-electron chi connectivity index (χ2n) is 4.71. The van der Waals surface area contributed by atoms with Crippen LogP contribution in [0.3, 0.4) is 0 Å². The molecule has 18 heavy (non-hydrogen) atoms. The highest BCUT2D eigenvalue weighted by atomic mass is 32.1. The number of benzene rings is 1. The van der Waals surface area contributed by atoms with Crippen molar-refractivity contribution in [3.05, 3.63) is 52.0 Å². The summed E-state index contributed by atoms with van der Waals surface area (Å²) in [7, 11) is 0. The van der Waals surface area contributed by atoms with Crippen molar-refractivity contribution in [2.45, 2.75) is 25.7 Å².